The molecule has 0 bridgehead atoms. The first-order chi connectivity index (χ1) is 8.66. The molecule has 0 amide bonds. The Morgan fingerprint density at radius 3 is 1.89 bits per heavy atom. The van der Waals surface area contributed by atoms with Gasteiger partial charge in [-0.05, 0) is 25.0 Å². The van der Waals surface area contributed by atoms with E-state index in [1.165, 1.54) is 0 Å². The molecule has 2 fully saturated rings. The van der Waals surface area contributed by atoms with Crippen LogP contribution in [0.1, 0.15) is 11.1 Å². The highest BCUT2D eigenvalue weighted by Gasteiger charge is 2.26. The Hall–Kier alpha value is -1.10. The first-order valence-corrected chi connectivity index (χ1v) is 6.23. The van der Waals surface area contributed by atoms with Gasteiger partial charge in [-0.2, -0.15) is 0 Å². The second kappa shape index (κ2) is 6.18. The predicted molar refractivity (Wildman–Crippen MR) is 67.9 cm³/mol. The maximum atomic E-state index is 9.21. The van der Waals surface area contributed by atoms with Crippen LogP contribution in [0.25, 0.3) is 0 Å². The highest BCUT2D eigenvalue weighted by Crippen LogP contribution is 2.19. The van der Waals surface area contributed by atoms with Crippen LogP contribution in [0.15, 0.2) is 18.2 Å². The van der Waals surface area contributed by atoms with Crippen LogP contribution < -0.4 is 0 Å². The zero-order chi connectivity index (χ0) is 13.0. The van der Waals surface area contributed by atoms with Crippen LogP contribution in [0.4, 0.5) is 0 Å². The molecule has 1 aromatic rings. The average molecular weight is 252 g/mol. The van der Waals surface area contributed by atoms with Gasteiger partial charge in [-0.1, -0.05) is 18.2 Å². The van der Waals surface area contributed by atoms with Gasteiger partial charge in [-0.3, -0.25) is 0 Å². The monoisotopic (exact) mass is 252 g/mol. The lowest BCUT2D eigenvalue weighted by atomic mass is 10.1. The van der Waals surface area contributed by atoms with Crippen molar-refractivity contribution in [3.05, 3.63) is 29.3 Å². The third-order valence-electron chi connectivity index (χ3n) is 2.85. The molecule has 1 aromatic carbocycles. The SMILES string of the molecule is C(OCC1CO1)C1CO1.Cc1cccc(C)c1O. The molecule has 0 radical (unpaired) electrons. The van der Waals surface area contributed by atoms with Crippen LogP contribution in [0, 0.1) is 13.8 Å². The molecule has 4 nitrogen and oxygen atoms in total. The number of rotatable bonds is 4. The Balaban J connectivity index is 0.000000134. The van der Waals surface area contributed by atoms with Gasteiger partial charge in [0, 0.05) is 0 Å². The van der Waals surface area contributed by atoms with E-state index in [0.717, 1.165) is 37.6 Å². The summed E-state index contributed by atoms with van der Waals surface area (Å²) >= 11 is 0. The van der Waals surface area contributed by atoms with Crippen molar-refractivity contribution in [2.24, 2.45) is 0 Å². The number of aromatic hydroxyl groups is 1. The molecule has 2 saturated heterocycles. The topological polar surface area (TPSA) is 54.5 Å². The first-order valence-electron chi connectivity index (χ1n) is 6.23. The number of benzene rings is 1. The minimum Gasteiger partial charge on any atom is -0.507 e. The fourth-order valence-electron chi connectivity index (χ4n) is 1.47. The zero-order valence-electron chi connectivity index (χ0n) is 10.9. The van der Waals surface area contributed by atoms with E-state index >= 15 is 0 Å². The molecule has 4 heteroatoms. The smallest absolute Gasteiger partial charge is 0.121 e. The second-order valence-corrected chi connectivity index (χ2v) is 4.69. The molecule has 18 heavy (non-hydrogen) atoms. The zero-order valence-corrected chi connectivity index (χ0v) is 10.9. The van der Waals surface area contributed by atoms with Gasteiger partial charge in [0.25, 0.3) is 0 Å². The number of epoxide rings is 2. The minimum atomic E-state index is 0.392. The van der Waals surface area contributed by atoms with E-state index < -0.39 is 0 Å². The van der Waals surface area contributed by atoms with Gasteiger partial charge in [-0.15, -0.1) is 0 Å². The summed E-state index contributed by atoms with van der Waals surface area (Å²) in [6.07, 6.45) is 0.785. The highest BCUT2D eigenvalue weighted by molar-refractivity contribution is 5.37. The van der Waals surface area contributed by atoms with Crippen LogP contribution in [0.2, 0.25) is 0 Å². The van der Waals surface area contributed by atoms with Crippen molar-refractivity contribution >= 4 is 0 Å². The Kier molecular flexibility index (Phi) is 4.58. The average Bonchev–Trinajstić information content (AvgIpc) is 3.20. The summed E-state index contributed by atoms with van der Waals surface area (Å²) < 4.78 is 15.1. The predicted octanol–water partition coefficient (Wildman–Crippen LogP) is 1.81. The van der Waals surface area contributed by atoms with Crippen molar-refractivity contribution in [3.63, 3.8) is 0 Å². The molecule has 2 atom stereocenters. The largest absolute Gasteiger partial charge is 0.507 e. The van der Waals surface area contributed by atoms with E-state index in [1.807, 2.05) is 32.0 Å². The van der Waals surface area contributed by atoms with Gasteiger partial charge in [0.15, 0.2) is 0 Å². The van der Waals surface area contributed by atoms with Crippen molar-refractivity contribution in [2.75, 3.05) is 26.4 Å². The number of hydrogen-bond donors (Lipinski definition) is 1. The van der Waals surface area contributed by atoms with Crippen molar-refractivity contribution in [1.82, 2.24) is 0 Å². The molecular formula is C14H20O4. The van der Waals surface area contributed by atoms with E-state index in [4.69, 9.17) is 14.2 Å². The van der Waals surface area contributed by atoms with Gasteiger partial charge >= 0.3 is 0 Å². The fraction of sp³-hybridized carbons (Fsp3) is 0.571. The van der Waals surface area contributed by atoms with Crippen molar-refractivity contribution in [2.45, 2.75) is 26.1 Å². The molecule has 0 aromatic heterocycles. The molecular weight excluding hydrogens is 232 g/mol. The Labute approximate surface area is 107 Å². The molecule has 0 spiro atoms. The second-order valence-electron chi connectivity index (χ2n) is 4.69. The number of phenolic OH excluding ortho intramolecular Hbond substituents is 1. The molecule has 1 N–H and O–H groups in total. The summed E-state index contributed by atoms with van der Waals surface area (Å²) in [5, 5.41) is 9.21. The van der Waals surface area contributed by atoms with Crippen LogP contribution >= 0.6 is 0 Å². The summed E-state index contributed by atoms with van der Waals surface area (Å²) in [5.74, 6) is 0.414. The summed E-state index contributed by atoms with van der Waals surface area (Å²) in [6.45, 7) is 7.04. The molecule has 3 rings (SSSR count). The van der Waals surface area contributed by atoms with Crippen LogP contribution in [0.3, 0.4) is 0 Å². The van der Waals surface area contributed by atoms with E-state index in [2.05, 4.69) is 0 Å². The quantitative estimate of drug-likeness (QED) is 0.830. The van der Waals surface area contributed by atoms with Gasteiger partial charge in [0.2, 0.25) is 0 Å². The maximum Gasteiger partial charge on any atom is 0.121 e. The maximum absolute atomic E-state index is 9.21. The lowest BCUT2D eigenvalue weighted by Gasteiger charge is -1.99. The Morgan fingerprint density at radius 2 is 1.56 bits per heavy atom. The fourth-order valence-corrected chi connectivity index (χ4v) is 1.47. The van der Waals surface area contributed by atoms with E-state index in [9.17, 15) is 5.11 Å². The van der Waals surface area contributed by atoms with Gasteiger partial charge in [0.1, 0.15) is 18.0 Å². The normalized spacial score (nSPS) is 24.1. The van der Waals surface area contributed by atoms with Crippen LogP contribution in [0.5, 0.6) is 5.75 Å². The lowest BCUT2D eigenvalue weighted by molar-refractivity contribution is 0.102. The number of phenols is 1. The summed E-state index contributed by atoms with van der Waals surface area (Å²) in [7, 11) is 0. The van der Waals surface area contributed by atoms with E-state index in [0.29, 0.717) is 18.0 Å². The number of aryl methyl sites for hydroxylation is 2. The van der Waals surface area contributed by atoms with Crippen molar-refractivity contribution in [1.29, 1.82) is 0 Å². The Bertz CT molecular complexity index is 351. The minimum absolute atomic E-state index is 0.392. The van der Waals surface area contributed by atoms with Gasteiger partial charge in [-0.25, -0.2) is 0 Å². The van der Waals surface area contributed by atoms with E-state index in [-0.39, 0.29) is 0 Å². The standard InChI is InChI=1S/C8H10O.C6H10O3/c1-6-4-3-5-7(2)8(6)9;1(5-3-8-5)7-2-6-4-9-6/h3-5,9H,1-2H3;5-6H,1-4H2. The molecule has 2 unspecified atom stereocenters. The third-order valence-corrected chi connectivity index (χ3v) is 2.85. The van der Waals surface area contributed by atoms with Crippen molar-refractivity contribution in [3.8, 4) is 5.75 Å². The van der Waals surface area contributed by atoms with Gasteiger partial charge < -0.3 is 19.3 Å². The third kappa shape index (κ3) is 4.64. The van der Waals surface area contributed by atoms with E-state index in [1.54, 1.807) is 0 Å². The molecule has 0 saturated carbocycles. The van der Waals surface area contributed by atoms with Crippen LogP contribution in [-0.2, 0) is 14.2 Å². The van der Waals surface area contributed by atoms with Crippen LogP contribution in [-0.4, -0.2) is 43.7 Å². The molecule has 2 heterocycles. The first kappa shape index (κ1) is 13.3. The van der Waals surface area contributed by atoms with Crippen molar-refractivity contribution < 1.29 is 19.3 Å². The summed E-state index contributed by atoms with van der Waals surface area (Å²) in [4.78, 5) is 0. The lowest BCUT2D eigenvalue weighted by Crippen LogP contribution is -2.06. The number of para-hydroxylation sites is 1. The molecule has 0 aliphatic carbocycles. The summed E-state index contributed by atoms with van der Waals surface area (Å²) in [5.41, 5.74) is 1.88. The molecule has 100 valence electrons. The Morgan fingerprint density at radius 1 is 1.11 bits per heavy atom. The molecule has 2 aliphatic rings. The molecule has 2 aliphatic heterocycles. The summed E-state index contributed by atoms with van der Waals surface area (Å²) in [6, 6.07) is 5.72. The highest BCUT2D eigenvalue weighted by atomic mass is 16.6. The number of hydrogen-bond acceptors (Lipinski definition) is 4. The number of ether oxygens (including phenoxy) is 3. The van der Waals surface area contributed by atoms with Gasteiger partial charge in [0.05, 0.1) is 26.4 Å².